The van der Waals surface area contributed by atoms with Crippen LogP contribution in [0.3, 0.4) is 0 Å². The van der Waals surface area contributed by atoms with Crippen molar-refractivity contribution in [3.63, 3.8) is 0 Å². The lowest BCUT2D eigenvalue weighted by Gasteiger charge is -2.56. The Hall–Kier alpha value is -1.70. The maximum atomic E-state index is 12.2. The lowest BCUT2D eigenvalue weighted by molar-refractivity contribution is -0.120. The van der Waals surface area contributed by atoms with Crippen LogP contribution in [0.4, 0.5) is 4.79 Å². The molecule has 0 spiro atoms. The molecule has 2 N–H and O–H groups in total. The number of nitrogens with zero attached hydrogens (tertiary/aromatic N) is 2. The van der Waals surface area contributed by atoms with E-state index in [1.54, 1.807) is 0 Å². The van der Waals surface area contributed by atoms with Gasteiger partial charge in [0.2, 0.25) is 5.91 Å². The Morgan fingerprint density at radius 1 is 1.22 bits per heavy atom. The number of imide groups is 1. The molecule has 0 radical (unpaired) electrons. The molecule has 0 saturated heterocycles. The van der Waals surface area contributed by atoms with Crippen LogP contribution in [0.2, 0.25) is 0 Å². The van der Waals surface area contributed by atoms with Gasteiger partial charge in [0.05, 0.1) is 0 Å². The van der Waals surface area contributed by atoms with Gasteiger partial charge in [-0.3, -0.25) is 14.9 Å². The summed E-state index contributed by atoms with van der Waals surface area (Å²) in [4.78, 5) is 35.2. The van der Waals surface area contributed by atoms with Crippen LogP contribution in [0, 0.1) is 17.8 Å². The predicted molar refractivity (Wildman–Crippen MR) is 84.0 cm³/mol. The molecular weight excluding hydrogens is 316 g/mol. The van der Waals surface area contributed by atoms with Crippen LogP contribution in [-0.4, -0.2) is 27.3 Å². The molecule has 23 heavy (non-hydrogen) atoms. The molecule has 4 aliphatic carbocycles. The van der Waals surface area contributed by atoms with Crippen LogP contribution in [0.25, 0.3) is 0 Å². The van der Waals surface area contributed by atoms with Crippen LogP contribution >= 0.6 is 11.3 Å². The Morgan fingerprint density at radius 3 is 2.35 bits per heavy atom. The van der Waals surface area contributed by atoms with Gasteiger partial charge in [0, 0.05) is 5.54 Å². The van der Waals surface area contributed by atoms with E-state index in [4.69, 9.17) is 0 Å². The number of carbonyl (C=O) groups excluding carboxylic acids is 2. The molecule has 1 heterocycles. The quantitative estimate of drug-likeness (QED) is 0.864. The van der Waals surface area contributed by atoms with Crippen LogP contribution < -0.4 is 15.5 Å². The number of carbonyl (C=O) groups is 2. The molecule has 4 fully saturated rings. The fraction of sp³-hybridized carbons (Fsp3) is 0.733. The molecule has 5 rings (SSSR count). The van der Waals surface area contributed by atoms with E-state index in [-0.39, 0.29) is 17.0 Å². The first kappa shape index (κ1) is 14.9. The number of amides is 3. The summed E-state index contributed by atoms with van der Waals surface area (Å²) >= 11 is 0.925. The molecular formula is C15H20N4O3S. The third-order valence-corrected chi connectivity index (χ3v) is 6.13. The van der Waals surface area contributed by atoms with Crippen LogP contribution in [-0.2, 0) is 11.3 Å². The van der Waals surface area contributed by atoms with Crippen molar-refractivity contribution in [2.24, 2.45) is 17.8 Å². The van der Waals surface area contributed by atoms with Gasteiger partial charge < -0.3 is 5.32 Å². The fourth-order valence-corrected chi connectivity index (χ4v) is 5.66. The molecule has 1 aromatic rings. The van der Waals surface area contributed by atoms with E-state index in [1.165, 1.54) is 24.8 Å². The highest BCUT2D eigenvalue weighted by molar-refractivity contribution is 7.06. The summed E-state index contributed by atoms with van der Waals surface area (Å²) in [7, 11) is 0. The van der Waals surface area contributed by atoms with Crippen molar-refractivity contribution in [1.82, 2.24) is 20.4 Å². The SMILES string of the molecule is O=C(Cn1ncsc1=O)NC(=O)NC12CC3CC(CC(C3)C1)C2. The minimum absolute atomic E-state index is 0.128. The van der Waals surface area contributed by atoms with Gasteiger partial charge in [0.25, 0.3) is 0 Å². The lowest BCUT2D eigenvalue weighted by Crippen LogP contribution is -2.62. The van der Waals surface area contributed by atoms with Crippen molar-refractivity contribution in [2.45, 2.75) is 50.6 Å². The Morgan fingerprint density at radius 2 is 1.83 bits per heavy atom. The third kappa shape index (κ3) is 2.91. The zero-order chi connectivity index (χ0) is 16.0. The summed E-state index contributed by atoms with van der Waals surface area (Å²) in [6.07, 6.45) is 7.00. The van der Waals surface area contributed by atoms with Gasteiger partial charge in [-0.1, -0.05) is 11.3 Å². The van der Waals surface area contributed by atoms with E-state index in [1.807, 2.05) is 0 Å². The third-order valence-electron chi connectivity index (χ3n) is 5.51. The van der Waals surface area contributed by atoms with Crippen LogP contribution in [0.5, 0.6) is 0 Å². The van der Waals surface area contributed by atoms with Crippen molar-refractivity contribution in [3.8, 4) is 0 Å². The van der Waals surface area contributed by atoms with E-state index in [9.17, 15) is 14.4 Å². The fourth-order valence-electron chi connectivity index (χ4n) is 5.18. The standard InChI is InChI=1S/C15H20N4O3S/c20-12(7-19-14(22)23-8-16-19)17-13(21)18-15-4-9-1-10(5-15)3-11(2-9)6-15/h8-11H,1-7H2,(H2,17,18,20,21). The zero-order valence-corrected chi connectivity index (χ0v) is 13.6. The monoisotopic (exact) mass is 336 g/mol. The lowest BCUT2D eigenvalue weighted by atomic mass is 9.53. The maximum Gasteiger partial charge on any atom is 0.325 e. The number of nitrogens with one attached hydrogen (secondary N) is 2. The molecule has 0 aliphatic heterocycles. The molecule has 0 atom stereocenters. The molecule has 4 saturated carbocycles. The molecule has 0 unspecified atom stereocenters. The average Bonchev–Trinajstić information content (AvgIpc) is 2.81. The summed E-state index contributed by atoms with van der Waals surface area (Å²) in [6.45, 7) is -0.226. The Bertz CT molecular complexity index is 660. The molecule has 1 aromatic heterocycles. The van der Waals surface area contributed by atoms with E-state index in [0.717, 1.165) is 53.0 Å². The van der Waals surface area contributed by atoms with E-state index in [2.05, 4.69) is 15.7 Å². The van der Waals surface area contributed by atoms with Crippen molar-refractivity contribution in [3.05, 3.63) is 15.2 Å². The normalized spacial score (nSPS) is 34.3. The molecule has 3 amide bonds. The van der Waals surface area contributed by atoms with Gasteiger partial charge in [-0.05, 0) is 56.3 Å². The van der Waals surface area contributed by atoms with Gasteiger partial charge in [-0.25, -0.2) is 9.48 Å². The van der Waals surface area contributed by atoms with Crippen molar-refractivity contribution in [1.29, 1.82) is 0 Å². The number of hydrogen-bond donors (Lipinski definition) is 2. The highest BCUT2D eigenvalue weighted by Crippen LogP contribution is 2.55. The molecule has 7 nitrogen and oxygen atoms in total. The van der Waals surface area contributed by atoms with Gasteiger partial charge >= 0.3 is 10.9 Å². The Balaban J connectivity index is 1.36. The molecule has 8 heteroatoms. The topological polar surface area (TPSA) is 93.1 Å². The van der Waals surface area contributed by atoms with Gasteiger partial charge in [0.15, 0.2) is 0 Å². The number of rotatable bonds is 3. The average molecular weight is 336 g/mol. The van der Waals surface area contributed by atoms with Crippen molar-refractivity contribution in [2.75, 3.05) is 0 Å². The van der Waals surface area contributed by atoms with E-state index in [0.29, 0.717) is 0 Å². The largest absolute Gasteiger partial charge is 0.332 e. The van der Waals surface area contributed by atoms with Crippen molar-refractivity contribution >= 4 is 23.3 Å². The smallest absolute Gasteiger partial charge is 0.325 e. The molecule has 0 aromatic carbocycles. The van der Waals surface area contributed by atoms with Crippen molar-refractivity contribution < 1.29 is 9.59 Å². The maximum absolute atomic E-state index is 12.2. The number of urea groups is 1. The molecule has 4 bridgehead atoms. The second kappa shape index (κ2) is 5.43. The minimum atomic E-state index is -0.514. The second-order valence-corrected chi connectivity index (χ2v) is 8.16. The van der Waals surface area contributed by atoms with Gasteiger partial charge in [-0.15, -0.1) is 0 Å². The number of hydrogen-bond acceptors (Lipinski definition) is 5. The first-order valence-electron chi connectivity index (χ1n) is 8.14. The highest BCUT2D eigenvalue weighted by Gasteiger charge is 2.51. The van der Waals surface area contributed by atoms with Crippen LogP contribution in [0.15, 0.2) is 10.3 Å². The Kier molecular flexibility index (Phi) is 3.51. The molecule has 124 valence electrons. The summed E-state index contributed by atoms with van der Waals surface area (Å²) in [5, 5.41) is 9.18. The highest BCUT2D eigenvalue weighted by atomic mass is 32.1. The minimum Gasteiger partial charge on any atom is -0.332 e. The van der Waals surface area contributed by atoms with Crippen LogP contribution in [0.1, 0.15) is 38.5 Å². The zero-order valence-electron chi connectivity index (χ0n) is 12.8. The first-order valence-corrected chi connectivity index (χ1v) is 9.02. The van der Waals surface area contributed by atoms with Gasteiger partial charge in [-0.2, -0.15) is 5.10 Å². The first-order chi connectivity index (χ1) is 11.0. The summed E-state index contributed by atoms with van der Waals surface area (Å²) in [5.41, 5.74) is 1.25. The summed E-state index contributed by atoms with van der Waals surface area (Å²) in [6, 6.07) is -0.444. The number of aromatic nitrogens is 2. The Labute approximate surface area is 137 Å². The summed E-state index contributed by atoms with van der Waals surface area (Å²) < 4.78 is 1.05. The second-order valence-electron chi connectivity index (χ2n) is 7.36. The molecule has 4 aliphatic rings. The van der Waals surface area contributed by atoms with E-state index >= 15 is 0 Å². The van der Waals surface area contributed by atoms with E-state index < -0.39 is 11.9 Å². The predicted octanol–water partition coefficient (Wildman–Crippen LogP) is 1.10. The summed E-state index contributed by atoms with van der Waals surface area (Å²) in [5.74, 6) is 1.67. The van der Waals surface area contributed by atoms with Gasteiger partial charge in [0.1, 0.15) is 12.1 Å².